The number of anilines is 1. The second-order valence-electron chi connectivity index (χ2n) is 3.97. The lowest BCUT2D eigenvalue weighted by molar-refractivity contribution is -0.113. The summed E-state index contributed by atoms with van der Waals surface area (Å²) < 4.78 is 22.0. The molecule has 100 valence electrons. The molecular formula is C11H10ClN3O3S. The molecule has 0 radical (unpaired) electrons. The molecule has 0 saturated carbocycles. The van der Waals surface area contributed by atoms with Gasteiger partial charge in [0.05, 0.1) is 11.0 Å². The molecule has 0 spiro atoms. The van der Waals surface area contributed by atoms with Crippen LogP contribution in [0.1, 0.15) is 0 Å². The Hall–Kier alpha value is -1.73. The number of aromatic nitrogens is 2. The first kappa shape index (κ1) is 13.7. The number of carbonyl (C=O) groups is 1. The maximum Gasteiger partial charge on any atom is 0.240 e. The zero-order valence-corrected chi connectivity index (χ0v) is 11.5. The topological polar surface area (TPSA) is 89.0 Å². The predicted octanol–water partition coefficient (Wildman–Crippen LogP) is 1.27. The van der Waals surface area contributed by atoms with Crippen LogP contribution in [-0.4, -0.2) is 36.3 Å². The number of halogens is 1. The van der Waals surface area contributed by atoms with Crippen molar-refractivity contribution in [3.05, 3.63) is 29.4 Å². The van der Waals surface area contributed by atoms with Crippen LogP contribution in [0.3, 0.4) is 0 Å². The molecule has 2 rings (SSSR count). The van der Waals surface area contributed by atoms with Crippen molar-refractivity contribution in [2.45, 2.75) is 0 Å². The lowest BCUT2D eigenvalue weighted by Gasteiger charge is -2.06. The van der Waals surface area contributed by atoms with Gasteiger partial charge in [-0.25, -0.2) is 18.4 Å². The number of nitrogens with zero attached hydrogens (tertiary/aromatic N) is 2. The van der Waals surface area contributed by atoms with Gasteiger partial charge in [0.25, 0.3) is 0 Å². The van der Waals surface area contributed by atoms with Crippen LogP contribution in [0.15, 0.2) is 24.3 Å². The van der Waals surface area contributed by atoms with Crippen LogP contribution in [0, 0.1) is 0 Å². The minimum Gasteiger partial charge on any atom is -0.307 e. The summed E-state index contributed by atoms with van der Waals surface area (Å²) in [5.74, 6) is -1.28. The highest BCUT2D eigenvalue weighted by molar-refractivity contribution is 7.91. The third kappa shape index (κ3) is 3.62. The lowest BCUT2D eigenvalue weighted by Crippen LogP contribution is -2.22. The Morgan fingerprint density at radius 3 is 2.42 bits per heavy atom. The maximum absolute atomic E-state index is 11.5. The van der Waals surface area contributed by atoms with Gasteiger partial charge in [-0.1, -0.05) is 23.7 Å². The number of hydrogen-bond donors (Lipinski definition) is 1. The van der Waals surface area contributed by atoms with E-state index in [-0.39, 0.29) is 11.0 Å². The molecule has 0 aliphatic rings. The molecule has 0 fully saturated rings. The summed E-state index contributed by atoms with van der Waals surface area (Å²) in [6.45, 7) is 0. The molecule has 0 saturated heterocycles. The van der Waals surface area contributed by atoms with Crippen molar-refractivity contribution in [3.63, 3.8) is 0 Å². The summed E-state index contributed by atoms with van der Waals surface area (Å²) in [4.78, 5) is 19.7. The first-order chi connectivity index (χ1) is 8.85. The third-order valence-electron chi connectivity index (χ3n) is 2.18. The van der Waals surface area contributed by atoms with E-state index >= 15 is 0 Å². The third-order valence-corrected chi connectivity index (χ3v) is 3.23. The largest absolute Gasteiger partial charge is 0.307 e. The molecule has 0 unspecified atom stereocenters. The van der Waals surface area contributed by atoms with Gasteiger partial charge in [-0.15, -0.1) is 0 Å². The van der Waals surface area contributed by atoms with Crippen molar-refractivity contribution in [1.29, 1.82) is 0 Å². The van der Waals surface area contributed by atoms with Gasteiger partial charge in [-0.3, -0.25) is 4.79 Å². The van der Waals surface area contributed by atoms with Crippen LogP contribution in [0.5, 0.6) is 0 Å². The Labute approximate surface area is 114 Å². The summed E-state index contributed by atoms with van der Waals surface area (Å²) in [6.07, 6.45) is 0.972. The zero-order valence-electron chi connectivity index (χ0n) is 9.92. The van der Waals surface area contributed by atoms with Gasteiger partial charge in [0.1, 0.15) is 5.75 Å². The van der Waals surface area contributed by atoms with Crippen molar-refractivity contribution >= 4 is 44.2 Å². The Morgan fingerprint density at radius 1 is 1.26 bits per heavy atom. The van der Waals surface area contributed by atoms with Crippen LogP contribution in [0.25, 0.3) is 11.0 Å². The number of hydrogen-bond acceptors (Lipinski definition) is 5. The molecule has 8 heteroatoms. The highest BCUT2D eigenvalue weighted by Gasteiger charge is 2.14. The molecule has 1 aromatic heterocycles. The smallest absolute Gasteiger partial charge is 0.240 e. The van der Waals surface area contributed by atoms with E-state index in [9.17, 15) is 13.2 Å². The van der Waals surface area contributed by atoms with Crippen molar-refractivity contribution in [2.24, 2.45) is 0 Å². The summed E-state index contributed by atoms with van der Waals surface area (Å²) in [5.41, 5.74) is 1.15. The molecule has 0 aliphatic heterocycles. The maximum atomic E-state index is 11.5. The normalized spacial score (nSPS) is 11.5. The van der Waals surface area contributed by atoms with E-state index in [2.05, 4.69) is 15.3 Å². The van der Waals surface area contributed by atoms with Crippen LogP contribution in [0.4, 0.5) is 5.82 Å². The first-order valence-corrected chi connectivity index (χ1v) is 7.69. The van der Waals surface area contributed by atoms with Gasteiger partial charge >= 0.3 is 0 Å². The van der Waals surface area contributed by atoms with Crippen LogP contribution >= 0.6 is 11.6 Å². The molecule has 1 aromatic carbocycles. The number of fused-ring (bicyclic) bond motifs is 1. The summed E-state index contributed by atoms with van der Waals surface area (Å²) in [6, 6.07) is 7.00. The van der Waals surface area contributed by atoms with E-state index in [0.717, 1.165) is 6.26 Å². The van der Waals surface area contributed by atoms with Crippen molar-refractivity contribution < 1.29 is 13.2 Å². The fourth-order valence-corrected chi connectivity index (χ4v) is 2.19. The fourth-order valence-electron chi connectivity index (χ4n) is 1.46. The van der Waals surface area contributed by atoms with E-state index in [1.165, 1.54) is 0 Å². The SMILES string of the molecule is CS(=O)(=O)CC(=O)Nc1nc2ccccc2nc1Cl. The zero-order chi connectivity index (χ0) is 14.0. The van der Waals surface area contributed by atoms with Gasteiger partial charge in [0.15, 0.2) is 20.8 Å². The molecule has 0 bridgehead atoms. The van der Waals surface area contributed by atoms with E-state index in [0.29, 0.717) is 11.0 Å². The Balaban J connectivity index is 2.30. The van der Waals surface area contributed by atoms with Crippen molar-refractivity contribution in [2.75, 3.05) is 17.3 Å². The van der Waals surface area contributed by atoms with Crippen molar-refractivity contribution in [1.82, 2.24) is 9.97 Å². The van der Waals surface area contributed by atoms with E-state index in [4.69, 9.17) is 11.6 Å². The minimum atomic E-state index is -3.40. The summed E-state index contributed by atoms with van der Waals surface area (Å²) in [7, 11) is -3.40. The lowest BCUT2D eigenvalue weighted by atomic mass is 10.3. The van der Waals surface area contributed by atoms with Gasteiger partial charge in [0, 0.05) is 6.26 Å². The fraction of sp³-hybridized carbons (Fsp3) is 0.182. The minimum absolute atomic E-state index is 0.0144. The molecular weight excluding hydrogens is 290 g/mol. The number of carbonyl (C=O) groups excluding carboxylic acids is 1. The first-order valence-electron chi connectivity index (χ1n) is 5.25. The van der Waals surface area contributed by atoms with E-state index in [1.54, 1.807) is 24.3 Å². The summed E-state index contributed by atoms with van der Waals surface area (Å²) in [5, 5.41) is 2.35. The summed E-state index contributed by atoms with van der Waals surface area (Å²) >= 11 is 5.88. The van der Waals surface area contributed by atoms with Gasteiger partial charge < -0.3 is 5.32 Å². The van der Waals surface area contributed by atoms with Crippen LogP contribution in [-0.2, 0) is 14.6 Å². The second-order valence-corrected chi connectivity index (χ2v) is 6.47. The molecule has 0 aliphatic carbocycles. The van der Waals surface area contributed by atoms with E-state index < -0.39 is 21.5 Å². The highest BCUT2D eigenvalue weighted by atomic mass is 35.5. The average Bonchev–Trinajstić information content (AvgIpc) is 2.27. The quantitative estimate of drug-likeness (QED) is 0.922. The molecule has 6 nitrogen and oxygen atoms in total. The molecule has 2 aromatic rings. The molecule has 19 heavy (non-hydrogen) atoms. The Bertz CT molecular complexity index is 746. The standard InChI is InChI=1S/C11H10ClN3O3S/c1-19(17,18)6-9(16)15-11-10(12)13-7-4-2-3-5-8(7)14-11/h2-5H,6H2,1H3,(H,14,15,16). The number of amides is 1. The molecule has 1 amide bonds. The van der Waals surface area contributed by atoms with Gasteiger partial charge in [-0.2, -0.15) is 0 Å². The Morgan fingerprint density at radius 2 is 1.84 bits per heavy atom. The molecule has 1 heterocycles. The monoisotopic (exact) mass is 299 g/mol. The second kappa shape index (κ2) is 5.10. The van der Waals surface area contributed by atoms with Crippen LogP contribution in [0.2, 0.25) is 5.15 Å². The molecule has 0 atom stereocenters. The number of nitrogens with one attached hydrogen (secondary N) is 1. The number of sulfone groups is 1. The molecule has 1 N–H and O–H groups in total. The number of para-hydroxylation sites is 2. The van der Waals surface area contributed by atoms with Gasteiger partial charge in [-0.05, 0) is 12.1 Å². The number of rotatable bonds is 3. The number of benzene rings is 1. The average molecular weight is 300 g/mol. The van der Waals surface area contributed by atoms with E-state index in [1.807, 2.05) is 0 Å². The Kier molecular flexibility index (Phi) is 3.68. The van der Waals surface area contributed by atoms with Gasteiger partial charge in [0.2, 0.25) is 5.91 Å². The predicted molar refractivity (Wildman–Crippen MR) is 72.9 cm³/mol. The van der Waals surface area contributed by atoms with Crippen LogP contribution < -0.4 is 5.32 Å². The highest BCUT2D eigenvalue weighted by Crippen LogP contribution is 2.20. The van der Waals surface area contributed by atoms with Crippen molar-refractivity contribution in [3.8, 4) is 0 Å².